The SMILES string of the molecule is C[C@H]1COc2cc(C(=O)NO)ccc2CN1C(=O)C1(C)COC1. The number of nitrogens with zero attached hydrogens (tertiary/aromatic N) is 1. The monoisotopic (exact) mass is 320 g/mol. The Labute approximate surface area is 134 Å². The molecule has 1 aromatic carbocycles. The summed E-state index contributed by atoms with van der Waals surface area (Å²) in [6, 6.07) is 4.84. The number of rotatable bonds is 2. The summed E-state index contributed by atoms with van der Waals surface area (Å²) in [5.74, 6) is 0.0221. The van der Waals surface area contributed by atoms with E-state index >= 15 is 0 Å². The number of fused-ring (bicyclic) bond motifs is 1. The maximum atomic E-state index is 12.8. The summed E-state index contributed by atoms with van der Waals surface area (Å²) < 4.78 is 10.9. The Bertz CT molecular complexity index is 641. The van der Waals surface area contributed by atoms with Gasteiger partial charge in [0.25, 0.3) is 5.91 Å². The van der Waals surface area contributed by atoms with Gasteiger partial charge in [-0.25, -0.2) is 5.48 Å². The zero-order valence-electron chi connectivity index (χ0n) is 13.2. The van der Waals surface area contributed by atoms with Crippen LogP contribution in [-0.4, -0.2) is 47.8 Å². The summed E-state index contributed by atoms with van der Waals surface area (Å²) in [7, 11) is 0. The number of hydrogen-bond donors (Lipinski definition) is 2. The van der Waals surface area contributed by atoms with E-state index in [0.29, 0.717) is 37.7 Å². The zero-order valence-corrected chi connectivity index (χ0v) is 13.2. The summed E-state index contributed by atoms with van der Waals surface area (Å²) in [5.41, 5.74) is 2.28. The van der Waals surface area contributed by atoms with Crippen LogP contribution in [0.5, 0.6) is 5.75 Å². The largest absolute Gasteiger partial charge is 0.491 e. The van der Waals surface area contributed by atoms with E-state index in [2.05, 4.69) is 0 Å². The van der Waals surface area contributed by atoms with Gasteiger partial charge in [-0.15, -0.1) is 0 Å². The molecule has 0 aliphatic carbocycles. The van der Waals surface area contributed by atoms with Gasteiger partial charge in [0.15, 0.2) is 0 Å². The van der Waals surface area contributed by atoms with Crippen LogP contribution in [0.1, 0.15) is 29.8 Å². The first-order valence-corrected chi connectivity index (χ1v) is 7.53. The third kappa shape index (κ3) is 2.77. The first kappa shape index (κ1) is 15.8. The highest BCUT2D eigenvalue weighted by atomic mass is 16.5. The van der Waals surface area contributed by atoms with Gasteiger partial charge in [0.05, 0.1) is 24.7 Å². The highest BCUT2D eigenvalue weighted by Gasteiger charge is 2.45. The molecule has 2 heterocycles. The molecule has 0 unspecified atom stereocenters. The number of nitrogens with one attached hydrogen (secondary N) is 1. The van der Waals surface area contributed by atoms with Gasteiger partial charge in [-0.05, 0) is 26.0 Å². The molecule has 0 aromatic heterocycles. The van der Waals surface area contributed by atoms with E-state index in [9.17, 15) is 9.59 Å². The van der Waals surface area contributed by atoms with Gasteiger partial charge < -0.3 is 14.4 Å². The van der Waals surface area contributed by atoms with Gasteiger partial charge in [-0.1, -0.05) is 6.07 Å². The Morgan fingerprint density at radius 3 is 2.74 bits per heavy atom. The smallest absolute Gasteiger partial charge is 0.274 e. The summed E-state index contributed by atoms with van der Waals surface area (Å²) >= 11 is 0. The van der Waals surface area contributed by atoms with E-state index in [0.717, 1.165) is 5.56 Å². The fourth-order valence-electron chi connectivity index (χ4n) is 2.82. The molecule has 124 valence electrons. The number of carbonyl (C=O) groups is 2. The van der Waals surface area contributed by atoms with E-state index in [4.69, 9.17) is 14.7 Å². The molecular weight excluding hydrogens is 300 g/mol. The molecule has 1 aromatic rings. The van der Waals surface area contributed by atoms with Gasteiger partial charge in [0.2, 0.25) is 5.91 Å². The van der Waals surface area contributed by atoms with Crippen molar-refractivity contribution < 1.29 is 24.3 Å². The molecule has 2 N–H and O–H groups in total. The van der Waals surface area contributed by atoms with E-state index in [1.807, 2.05) is 13.8 Å². The Morgan fingerprint density at radius 2 is 2.13 bits per heavy atom. The molecule has 7 nitrogen and oxygen atoms in total. The topological polar surface area (TPSA) is 88.1 Å². The maximum Gasteiger partial charge on any atom is 0.274 e. The van der Waals surface area contributed by atoms with Crippen molar-refractivity contribution in [2.45, 2.75) is 26.4 Å². The first-order chi connectivity index (χ1) is 10.9. The van der Waals surface area contributed by atoms with Crippen LogP contribution < -0.4 is 10.2 Å². The summed E-state index contributed by atoms with van der Waals surface area (Å²) in [5, 5.41) is 8.72. The highest BCUT2D eigenvalue weighted by molar-refractivity contribution is 5.94. The average Bonchev–Trinajstić information content (AvgIpc) is 2.70. The molecule has 7 heteroatoms. The summed E-state index contributed by atoms with van der Waals surface area (Å²) in [4.78, 5) is 26.1. The second-order valence-electron chi connectivity index (χ2n) is 6.41. The molecule has 0 spiro atoms. The van der Waals surface area contributed by atoms with Gasteiger partial charge in [-0.2, -0.15) is 0 Å². The van der Waals surface area contributed by atoms with Crippen LogP contribution in [0.25, 0.3) is 0 Å². The molecule has 3 rings (SSSR count). The predicted octanol–water partition coefficient (Wildman–Crippen LogP) is 0.952. The zero-order chi connectivity index (χ0) is 16.6. The number of amides is 2. The molecule has 2 aliphatic heterocycles. The van der Waals surface area contributed by atoms with Gasteiger partial charge in [-0.3, -0.25) is 14.8 Å². The van der Waals surface area contributed by atoms with Crippen molar-refractivity contribution in [1.82, 2.24) is 10.4 Å². The molecule has 0 saturated carbocycles. The lowest BCUT2D eigenvalue weighted by Crippen LogP contribution is -2.55. The van der Waals surface area contributed by atoms with Crippen LogP contribution in [-0.2, 0) is 16.1 Å². The molecular formula is C16H20N2O5. The van der Waals surface area contributed by atoms with E-state index in [-0.39, 0.29) is 11.9 Å². The van der Waals surface area contributed by atoms with Crippen molar-refractivity contribution in [1.29, 1.82) is 0 Å². The number of carbonyl (C=O) groups excluding carboxylic acids is 2. The third-order valence-corrected chi connectivity index (χ3v) is 4.40. The van der Waals surface area contributed by atoms with Gasteiger partial charge in [0.1, 0.15) is 12.4 Å². The number of benzene rings is 1. The standard InChI is InChI=1S/C16H20N2O5/c1-10-7-23-13-5-11(14(19)17-21)3-4-12(13)6-18(10)15(20)16(2)8-22-9-16/h3-5,10,21H,6-9H2,1-2H3,(H,17,19)/t10-/m0/s1. The van der Waals surface area contributed by atoms with Crippen LogP contribution in [0.3, 0.4) is 0 Å². The molecule has 1 saturated heterocycles. The average molecular weight is 320 g/mol. The third-order valence-electron chi connectivity index (χ3n) is 4.40. The van der Waals surface area contributed by atoms with Crippen molar-refractivity contribution in [3.8, 4) is 5.75 Å². The quantitative estimate of drug-likeness (QED) is 0.626. The molecule has 1 fully saturated rings. The Hall–Kier alpha value is -2.12. The minimum atomic E-state index is -0.597. The second kappa shape index (κ2) is 5.82. The van der Waals surface area contributed by atoms with Gasteiger partial charge >= 0.3 is 0 Å². The predicted molar refractivity (Wildman–Crippen MR) is 80.1 cm³/mol. The lowest BCUT2D eigenvalue weighted by atomic mass is 9.86. The Balaban J connectivity index is 1.86. The van der Waals surface area contributed by atoms with E-state index < -0.39 is 11.3 Å². The molecule has 0 bridgehead atoms. The normalized spacial score (nSPS) is 22.2. The minimum absolute atomic E-state index is 0.0601. The van der Waals surface area contributed by atoms with E-state index in [1.54, 1.807) is 28.6 Å². The lowest BCUT2D eigenvalue weighted by Gasteiger charge is -2.41. The summed E-state index contributed by atoms with van der Waals surface area (Å²) in [6.45, 7) is 5.50. The van der Waals surface area contributed by atoms with Gasteiger partial charge in [0, 0.05) is 17.7 Å². The van der Waals surface area contributed by atoms with Crippen molar-refractivity contribution in [3.05, 3.63) is 29.3 Å². The van der Waals surface area contributed by atoms with Crippen LogP contribution in [0.4, 0.5) is 0 Å². The van der Waals surface area contributed by atoms with E-state index in [1.165, 1.54) is 0 Å². The number of hydroxylamine groups is 1. The van der Waals surface area contributed by atoms with Crippen molar-refractivity contribution in [3.63, 3.8) is 0 Å². The maximum absolute atomic E-state index is 12.8. The van der Waals surface area contributed by atoms with Crippen LogP contribution in [0.15, 0.2) is 18.2 Å². The van der Waals surface area contributed by atoms with Crippen molar-refractivity contribution >= 4 is 11.8 Å². The molecule has 1 atom stereocenters. The second-order valence-corrected chi connectivity index (χ2v) is 6.41. The van der Waals surface area contributed by atoms with Crippen LogP contribution in [0, 0.1) is 5.41 Å². The Kier molecular flexibility index (Phi) is 3.99. The first-order valence-electron chi connectivity index (χ1n) is 7.53. The van der Waals surface area contributed by atoms with Crippen LogP contribution >= 0.6 is 0 Å². The summed E-state index contributed by atoms with van der Waals surface area (Å²) in [6.07, 6.45) is 0. The molecule has 2 amide bonds. The number of ether oxygens (including phenoxy) is 2. The van der Waals surface area contributed by atoms with Crippen molar-refractivity contribution in [2.75, 3.05) is 19.8 Å². The Morgan fingerprint density at radius 1 is 1.39 bits per heavy atom. The molecule has 23 heavy (non-hydrogen) atoms. The van der Waals surface area contributed by atoms with Crippen LogP contribution in [0.2, 0.25) is 0 Å². The number of hydrogen-bond acceptors (Lipinski definition) is 5. The fraction of sp³-hybridized carbons (Fsp3) is 0.500. The fourth-order valence-corrected chi connectivity index (χ4v) is 2.82. The molecule has 2 aliphatic rings. The van der Waals surface area contributed by atoms with Crippen molar-refractivity contribution in [2.24, 2.45) is 5.41 Å². The minimum Gasteiger partial charge on any atom is -0.491 e. The lowest BCUT2D eigenvalue weighted by molar-refractivity contribution is -0.171. The molecule has 0 radical (unpaired) electrons. The highest BCUT2D eigenvalue weighted by Crippen LogP contribution is 2.33.